The Morgan fingerprint density at radius 2 is 1.93 bits per heavy atom. The van der Waals surface area contributed by atoms with Gasteiger partial charge in [0, 0.05) is 0 Å². The van der Waals surface area contributed by atoms with E-state index in [9.17, 15) is 4.79 Å². The van der Waals surface area contributed by atoms with Gasteiger partial charge in [-0.05, 0) is 37.8 Å². The highest BCUT2D eigenvalue weighted by Crippen LogP contribution is 2.09. The molecule has 0 amide bonds. The van der Waals surface area contributed by atoms with Crippen LogP contribution in [0, 0.1) is 0 Å². The number of hydrogen-bond acceptors (Lipinski definition) is 1. The summed E-state index contributed by atoms with van der Waals surface area (Å²) in [4.78, 5) is 11.1. The van der Waals surface area contributed by atoms with Crippen molar-refractivity contribution in [2.45, 2.75) is 26.7 Å². The summed E-state index contributed by atoms with van der Waals surface area (Å²) in [5.74, 6) is 0.184. The van der Waals surface area contributed by atoms with E-state index in [1.54, 1.807) is 6.92 Å². The molecule has 1 aromatic rings. The minimum absolute atomic E-state index is 0.184. The Labute approximate surface area is 85.5 Å². The van der Waals surface area contributed by atoms with Crippen LogP contribution in [0.15, 0.2) is 42.0 Å². The van der Waals surface area contributed by atoms with Crippen LogP contribution in [0.4, 0.5) is 0 Å². The van der Waals surface area contributed by atoms with Gasteiger partial charge in [0.25, 0.3) is 0 Å². The molecular formula is C13H16O. The van der Waals surface area contributed by atoms with Gasteiger partial charge in [0.2, 0.25) is 0 Å². The zero-order valence-electron chi connectivity index (χ0n) is 8.79. The highest BCUT2D eigenvalue weighted by atomic mass is 16.1. The van der Waals surface area contributed by atoms with Crippen molar-refractivity contribution < 1.29 is 4.79 Å². The molecule has 0 radical (unpaired) electrons. The summed E-state index contributed by atoms with van der Waals surface area (Å²) in [6.45, 7) is 3.54. The number of carbonyl (C=O) groups excluding carboxylic acids is 1. The maximum atomic E-state index is 11.1. The van der Waals surface area contributed by atoms with Gasteiger partial charge in [0.1, 0.15) is 0 Å². The van der Waals surface area contributed by atoms with Crippen molar-refractivity contribution in [3.8, 4) is 0 Å². The van der Waals surface area contributed by atoms with Gasteiger partial charge in [0.05, 0.1) is 0 Å². The predicted octanol–water partition coefficient (Wildman–Crippen LogP) is 3.15. The highest BCUT2D eigenvalue weighted by molar-refractivity contribution is 5.93. The van der Waals surface area contributed by atoms with Crippen LogP contribution >= 0.6 is 0 Å². The molecule has 0 N–H and O–H groups in total. The van der Waals surface area contributed by atoms with E-state index in [-0.39, 0.29) is 5.78 Å². The Hall–Kier alpha value is -1.37. The number of rotatable bonds is 4. The van der Waals surface area contributed by atoms with E-state index in [1.807, 2.05) is 31.2 Å². The highest BCUT2D eigenvalue weighted by Gasteiger charge is 2.02. The van der Waals surface area contributed by atoms with Crippen LogP contribution in [0.3, 0.4) is 0 Å². The first-order valence-corrected chi connectivity index (χ1v) is 4.94. The summed E-state index contributed by atoms with van der Waals surface area (Å²) in [6.07, 6.45) is 3.70. The van der Waals surface area contributed by atoms with Crippen molar-refractivity contribution >= 4 is 5.78 Å². The monoisotopic (exact) mass is 188 g/mol. The summed E-state index contributed by atoms with van der Waals surface area (Å²) < 4.78 is 0. The van der Waals surface area contributed by atoms with Gasteiger partial charge < -0.3 is 0 Å². The molecule has 0 fully saturated rings. The molecule has 0 saturated heterocycles. The van der Waals surface area contributed by atoms with Crippen LogP contribution in [-0.4, -0.2) is 5.78 Å². The van der Waals surface area contributed by atoms with Crippen molar-refractivity contribution in [2.24, 2.45) is 0 Å². The second kappa shape index (κ2) is 5.38. The number of hydrogen-bond donors (Lipinski definition) is 0. The van der Waals surface area contributed by atoms with Crippen molar-refractivity contribution in [2.75, 3.05) is 0 Å². The molecule has 0 aliphatic heterocycles. The SMILES string of the molecule is C/C=C(\CCc1ccccc1)C(C)=O. The first-order valence-electron chi connectivity index (χ1n) is 4.94. The third-order valence-corrected chi connectivity index (χ3v) is 2.33. The standard InChI is InChI=1S/C13H16O/c1-3-13(11(2)14)10-9-12-7-5-4-6-8-12/h3-8H,9-10H2,1-2H3/b13-3+. The van der Waals surface area contributed by atoms with E-state index >= 15 is 0 Å². The minimum atomic E-state index is 0.184. The van der Waals surface area contributed by atoms with E-state index in [2.05, 4.69) is 12.1 Å². The molecule has 1 heteroatoms. The lowest BCUT2D eigenvalue weighted by molar-refractivity contribution is -0.113. The molecule has 0 aliphatic carbocycles. The number of ketones is 1. The maximum Gasteiger partial charge on any atom is 0.155 e. The van der Waals surface area contributed by atoms with Gasteiger partial charge in [-0.2, -0.15) is 0 Å². The van der Waals surface area contributed by atoms with Crippen molar-refractivity contribution in [3.63, 3.8) is 0 Å². The van der Waals surface area contributed by atoms with Crippen LogP contribution in [0.5, 0.6) is 0 Å². The molecule has 0 atom stereocenters. The van der Waals surface area contributed by atoms with Gasteiger partial charge in [-0.3, -0.25) is 4.79 Å². The Morgan fingerprint density at radius 1 is 1.29 bits per heavy atom. The smallest absolute Gasteiger partial charge is 0.155 e. The van der Waals surface area contributed by atoms with Crippen LogP contribution in [-0.2, 0) is 11.2 Å². The molecule has 1 aromatic carbocycles. The van der Waals surface area contributed by atoms with Gasteiger partial charge in [-0.25, -0.2) is 0 Å². The molecular weight excluding hydrogens is 172 g/mol. The van der Waals surface area contributed by atoms with Crippen molar-refractivity contribution in [3.05, 3.63) is 47.5 Å². The first kappa shape index (κ1) is 10.7. The van der Waals surface area contributed by atoms with Crippen LogP contribution in [0.1, 0.15) is 25.8 Å². The molecule has 0 bridgehead atoms. The van der Waals surface area contributed by atoms with Gasteiger partial charge in [-0.1, -0.05) is 36.4 Å². The zero-order chi connectivity index (χ0) is 10.4. The van der Waals surface area contributed by atoms with Crippen LogP contribution in [0.25, 0.3) is 0 Å². The van der Waals surface area contributed by atoms with Gasteiger partial charge in [0.15, 0.2) is 5.78 Å². The summed E-state index contributed by atoms with van der Waals surface area (Å²) in [5, 5.41) is 0. The average Bonchev–Trinajstić information content (AvgIpc) is 2.20. The van der Waals surface area contributed by atoms with Gasteiger partial charge in [-0.15, -0.1) is 0 Å². The molecule has 1 nitrogen and oxygen atoms in total. The molecule has 0 aromatic heterocycles. The molecule has 74 valence electrons. The summed E-state index contributed by atoms with van der Waals surface area (Å²) in [6, 6.07) is 10.2. The van der Waals surface area contributed by atoms with E-state index in [4.69, 9.17) is 0 Å². The Morgan fingerprint density at radius 3 is 2.43 bits per heavy atom. The van der Waals surface area contributed by atoms with Crippen LogP contribution < -0.4 is 0 Å². The minimum Gasteiger partial charge on any atom is -0.295 e. The number of carbonyl (C=O) groups is 1. The summed E-state index contributed by atoms with van der Waals surface area (Å²) in [5.41, 5.74) is 2.21. The maximum absolute atomic E-state index is 11.1. The number of allylic oxidation sites excluding steroid dienone is 2. The van der Waals surface area contributed by atoms with E-state index in [0.29, 0.717) is 0 Å². The molecule has 0 aliphatic rings. The number of aryl methyl sites for hydroxylation is 1. The normalized spacial score (nSPS) is 11.4. The summed E-state index contributed by atoms with van der Waals surface area (Å²) in [7, 11) is 0. The van der Waals surface area contributed by atoms with Gasteiger partial charge >= 0.3 is 0 Å². The van der Waals surface area contributed by atoms with E-state index < -0.39 is 0 Å². The molecule has 0 unspecified atom stereocenters. The lowest BCUT2D eigenvalue weighted by Gasteiger charge is -2.02. The molecule has 14 heavy (non-hydrogen) atoms. The average molecular weight is 188 g/mol. The second-order valence-electron chi connectivity index (χ2n) is 3.36. The fourth-order valence-electron chi connectivity index (χ4n) is 1.45. The quantitative estimate of drug-likeness (QED) is 0.663. The van der Waals surface area contributed by atoms with Crippen molar-refractivity contribution in [1.29, 1.82) is 0 Å². The van der Waals surface area contributed by atoms with E-state index in [0.717, 1.165) is 18.4 Å². The third kappa shape index (κ3) is 3.17. The Kier molecular flexibility index (Phi) is 4.11. The Balaban J connectivity index is 2.53. The van der Waals surface area contributed by atoms with Crippen molar-refractivity contribution in [1.82, 2.24) is 0 Å². The topological polar surface area (TPSA) is 17.1 Å². The summed E-state index contributed by atoms with van der Waals surface area (Å²) >= 11 is 0. The Bertz CT molecular complexity index is 322. The second-order valence-corrected chi connectivity index (χ2v) is 3.36. The molecule has 0 spiro atoms. The zero-order valence-corrected chi connectivity index (χ0v) is 8.79. The van der Waals surface area contributed by atoms with E-state index in [1.165, 1.54) is 5.56 Å². The van der Waals surface area contributed by atoms with Crippen LogP contribution in [0.2, 0.25) is 0 Å². The predicted molar refractivity (Wildman–Crippen MR) is 59.2 cm³/mol. The number of benzene rings is 1. The molecule has 0 heterocycles. The number of Topliss-reactive ketones (excluding diaryl/α,β-unsaturated/α-hetero) is 1. The fourth-order valence-corrected chi connectivity index (χ4v) is 1.45. The largest absolute Gasteiger partial charge is 0.295 e. The fraction of sp³-hybridized carbons (Fsp3) is 0.308. The molecule has 0 saturated carbocycles. The molecule has 1 rings (SSSR count). The lowest BCUT2D eigenvalue weighted by Crippen LogP contribution is -1.98. The first-order chi connectivity index (χ1) is 6.74. The third-order valence-electron chi connectivity index (χ3n) is 2.33. The lowest BCUT2D eigenvalue weighted by atomic mass is 10.0.